The van der Waals surface area contributed by atoms with Crippen LogP contribution in [0.5, 0.6) is 0 Å². The molecule has 0 amide bonds. The highest BCUT2D eigenvalue weighted by Gasteiger charge is 2.11. The zero-order valence-electron chi connectivity index (χ0n) is 10.3. The van der Waals surface area contributed by atoms with Crippen molar-refractivity contribution in [2.45, 2.75) is 18.1 Å². The quantitative estimate of drug-likeness (QED) is 0.819. The molecule has 5 nitrogen and oxygen atoms in total. The van der Waals surface area contributed by atoms with E-state index >= 15 is 0 Å². The molecule has 0 aliphatic carbocycles. The largest absolute Gasteiger partial charge is 0.377 e. The number of hydrogen-bond acceptors (Lipinski definition) is 5. The number of rotatable bonds is 6. The lowest BCUT2D eigenvalue weighted by atomic mass is 10.2. The van der Waals surface area contributed by atoms with Gasteiger partial charge in [-0.1, -0.05) is 35.0 Å². The van der Waals surface area contributed by atoms with Gasteiger partial charge in [-0.05, 0) is 11.6 Å². The summed E-state index contributed by atoms with van der Waals surface area (Å²) >= 11 is 6.01. The highest BCUT2D eigenvalue weighted by Crippen LogP contribution is 2.17. The van der Waals surface area contributed by atoms with Gasteiger partial charge in [0, 0.05) is 22.9 Å². The lowest BCUT2D eigenvalue weighted by molar-refractivity contribution is 0.174. The normalized spacial score (nSPS) is 12.5. The molecule has 1 atom stereocenters. The van der Waals surface area contributed by atoms with Crippen molar-refractivity contribution in [1.82, 2.24) is 10.1 Å². The third-order valence-electron chi connectivity index (χ3n) is 2.34. The molecule has 0 fully saturated rings. The molecule has 0 radical (unpaired) electrons. The zero-order chi connectivity index (χ0) is 13.7. The third-order valence-corrected chi connectivity index (χ3v) is 3.91. The molecule has 1 heterocycles. The lowest BCUT2D eigenvalue weighted by Gasteiger charge is -2.02. The van der Waals surface area contributed by atoms with Crippen molar-refractivity contribution >= 4 is 22.4 Å². The van der Waals surface area contributed by atoms with E-state index in [1.54, 1.807) is 13.2 Å². The lowest BCUT2D eigenvalue weighted by Crippen LogP contribution is -2.00. The maximum absolute atomic E-state index is 12.0. The van der Waals surface area contributed by atoms with Gasteiger partial charge in [0.2, 0.25) is 5.89 Å². The van der Waals surface area contributed by atoms with Gasteiger partial charge < -0.3 is 9.26 Å². The van der Waals surface area contributed by atoms with Gasteiger partial charge >= 0.3 is 0 Å². The zero-order valence-corrected chi connectivity index (χ0v) is 11.9. The van der Waals surface area contributed by atoms with Gasteiger partial charge in [-0.3, -0.25) is 4.21 Å². The van der Waals surface area contributed by atoms with E-state index in [-0.39, 0.29) is 12.4 Å². The highest BCUT2D eigenvalue weighted by atomic mass is 35.5. The van der Waals surface area contributed by atoms with Crippen LogP contribution in [0.1, 0.15) is 17.3 Å². The first-order valence-corrected chi connectivity index (χ1v) is 7.44. The van der Waals surface area contributed by atoms with E-state index in [4.69, 9.17) is 20.9 Å². The Balaban J connectivity index is 1.95. The van der Waals surface area contributed by atoms with Crippen LogP contribution in [0.4, 0.5) is 0 Å². The number of aromatic nitrogens is 2. The Morgan fingerprint density at radius 1 is 1.37 bits per heavy atom. The first-order chi connectivity index (χ1) is 9.19. The summed E-state index contributed by atoms with van der Waals surface area (Å²) in [7, 11) is 0.403. The van der Waals surface area contributed by atoms with Gasteiger partial charge in [0.05, 0.1) is 5.75 Å². The van der Waals surface area contributed by atoms with Gasteiger partial charge in [0.15, 0.2) is 5.82 Å². The Hall–Kier alpha value is -1.24. The second-order valence-electron chi connectivity index (χ2n) is 3.86. The van der Waals surface area contributed by atoms with Crippen molar-refractivity contribution in [3.63, 3.8) is 0 Å². The Labute approximate surface area is 118 Å². The first kappa shape index (κ1) is 14.2. The minimum Gasteiger partial charge on any atom is -0.377 e. The average Bonchev–Trinajstić information content (AvgIpc) is 2.80. The smallest absolute Gasteiger partial charge is 0.239 e. The number of ether oxygens (including phenoxy) is 1. The van der Waals surface area contributed by atoms with E-state index in [9.17, 15) is 4.21 Å². The van der Waals surface area contributed by atoms with E-state index in [2.05, 4.69) is 10.1 Å². The molecule has 0 bridgehead atoms. The Bertz CT molecular complexity index is 574. The predicted molar refractivity (Wildman–Crippen MR) is 72.0 cm³/mol. The van der Waals surface area contributed by atoms with E-state index in [0.29, 0.717) is 22.5 Å². The molecular formula is C12H13ClN2O3S. The van der Waals surface area contributed by atoms with Crippen LogP contribution in [0.2, 0.25) is 5.02 Å². The van der Waals surface area contributed by atoms with Crippen molar-refractivity contribution in [2.24, 2.45) is 0 Å². The molecular weight excluding hydrogens is 288 g/mol. The Morgan fingerprint density at radius 3 is 2.89 bits per heavy atom. The molecule has 0 aliphatic heterocycles. The van der Waals surface area contributed by atoms with Gasteiger partial charge in [-0.2, -0.15) is 4.98 Å². The van der Waals surface area contributed by atoms with E-state index in [1.165, 1.54) is 0 Å². The van der Waals surface area contributed by atoms with Gasteiger partial charge in [0.25, 0.3) is 0 Å². The van der Waals surface area contributed by atoms with Gasteiger partial charge in [-0.15, -0.1) is 0 Å². The third kappa shape index (κ3) is 4.12. The summed E-state index contributed by atoms with van der Waals surface area (Å²) < 4.78 is 21.9. The van der Waals surface area contributed by atoms with Crippen LogP contribution in [-0.4, -0.2) is 21.5 Å². The summed E-state index contributed by atoms with van der Waals surface area (Å²) in [5.74, 6) is 1.37. The molecule has 0 unspecified atom stereocenters. The number of nitrogens with zero attached hydrogens (tertiary/aromatic N) is 2. The molecule has 1 aromatic heterocycles. The number of hydrogen-bond donors (Lipinski definition) is 0. The summed E-state index contributed by atoms with van der Waals surface area (Å²) in [6.45, 7) is 0.278. The fraction of sp³-hybridized carbons (Fsp3) is 0.333. The van der Waals surface area contributed by atoms with Crippen molar-refractivity contribution in [2.75, 3.05) is 7.11 Å². The van der Waals surface area contributed by atoms with Crippen LogP contribution < -0.4 is 0 Å². The summed E-state index contributed by atoms with van der Waals surface area (Å²) in [5, 5.41) is 4.32. The second-order valence-corrected chi connectivity index (χ2v) is 5.72. The predicted octanol–water partition coefficient (Wildman–Crippen LogP) is 2.32. The molecule has 2 aromatic rings. The number of benzene rings is 1. The van der Waals surface area contributed by atoms with Crippen LogP contribution >= 0.6 is 11.6 Å². The van der Waals surface area contributed by atoms with Crippen molar-refractivity contribution in [3.8, 4) is 0 Å². The van der Waals surface area contributed by atoms with Crippen LogP contribution in [0, 0.1) is 0 Å². The minimum absolute atomic E-state index is 0.210. The SMILES string of the molecule is COCc1noc(C[S@@](=O)Cc2ccccc2Cl)n1. The molecule has 2 rings (SSSR count). The topological polar surface area (TPSA) is 65.2 Å². The summed E-state index contributed by atoms with van der Waals surface area (Å²) in [4.78, 5) is 4.08. The summed E-state index contributed by atoms with van der Waals surface area (Å²) in [6, 6.07) is 7.33. The molecule has 7 heteroatoms. The fourth-order valence-electron chi connectivity index (χ4n) is 1.51. The number of halogens is 1. The molecule has 102 valence electrons. The van der Waals surface area contributed by atoms with Crippen molar-refractivity contribution in [3.05, 3.63) is 46.6 Å². The fourth-order valence-corrected chi connectivity index (χ4v) is 2.89. The van der Waals surface area contributed by atoms with Crippen LogP contribution in [0.15, 0.2) is 28.8 Å². The maximum atomic E-state index is 12.0. The molecule has 0 saturated carbocycles. The average molecular weight is 301 g/mol. The number of methoxy groups -OCH3 is 1. The standard InChI is InChI=1S/C12H13ClN2O3S/c1-17-6-11-14-12(18-15-11)8-19(16)7-9-4-2-3-5-10(9)13/h2-5H,6-8H2,1H3/t19-/m0/s1. The van der Waals surface area contributed by atoms with Crippen LogP contribution in [0.3, 0.4) is 0 Å². The first-order valence-electron chi connectivity index (χ1n) is 5.58. The van der Waals surface area contributed by atoms with E-state index < -0.39 is 10.8 Å². The van der Waals surface area contributed by atoms with Gasteiger partial charge in [-0.25, -0.2) is 0 Å². The molecule has 0 spiro atoms. The Kier molecular flexibility index (Phi) is 5.07. The summed E-state index contributed by atoms with van der Waals surface area (Å²) in [6.07, 6.45) is 0. The van der Waals surface area contributed by atoms with Crippen molar-refractivity contribution in [1.29, 1.82) is 0 Å². The van der Waals surface area contributed by atoms with Gasteiger partial charge in [0.1, 0.15) is 12.4 Å². The second kappa shape index (κ2) is 6.79. The van der Waals surface area contributed by atoms with Crippen LogP contribution in [-0.2, 0) is 33.6 Å². The molecule has 0 N–H and O–H groups in total. The van der Waals surface area contributed by atoms with Crippen LogP contribution in [0.25, 0.3) is 0 Å². The van der Waals surface area contributed by atoms with E-state index in [0.717, 1.165) is 5.56 Å². The van der Waals surface area contributed by atoms with E-state index in [1.807, 2.05) is 18.2 Å². The maximum Gasteiger partial charge on any atom is 0.239 e. The highest BCUT2D eigenvalue weighted by molar-refractivity contribution is 7.83. The summed E-state index contributed by atoms with van der Waals surface area (Å²) in [5.41, 5.74) is 0.846. The minimum atomic E-state index is -1.14. The Morgan fingerprint density at radius 2 is 2.16 bits per heavy atom. The molecule has 1 aromatic carbocycles. The molecule has 19 heavy (non-hydrogen) atoms. The molecule has 0 saturated heterocycles. The van der Waals surface area contributed by atoms with Crippen molar-refractivity contribution < 1.29 is 13.5 Å². The monoisotopic (exact) mass is 300 g/mol. The molecule has 0 aliphatic rings.